The molecule has 3 rings (SSSR count). The highest BCUT2D eigenvalue weighted by atomic mass is 35.5. The lowest BCUT2D eigenvalue weighted by molar-refractivity contribution is -0.180. The Balaban J connectivity index is 1.96. The Hall–Kier alpha value is -3.60. The van der Waals surface area contributed by atoms with Gasteiger partial charge in [0, 0.05) is 25.3 Å². The zero-order valence-corrected chi connectivity index (χ0v) is 29.7. The van der Waals surface area contributed by atoms with Gasteiger partial charge in [-0.05, 0) is 55.5 Å². The van der Waals surface area contributed by atoms with Crippen LogP contribution in [0, 0.1) is 17.3 Å². The van der Waals surface area contributed by atoms with Crippen LogP contribution in [0.5, 0.6) is 5.75 Å². The second kappa shape index (κ2) is 17.7. The number of rotatable bonds is 9. The molecule has 262 valence electrons. The van der Waals surface area contributed by atoms with Crippen molar-refractivity contribution in [3.63, 3.8) is 0 Å². The summed E-state index contributed by atoms with van der Waals surface area (Å²) in [4.78, 5) is 53.6. The number of methoxy groups -OCH3 is 1. The average Bonchev–Trinajstić information content (AvgIpc) is 3.04. The largest absolute Gasteiger partial charge is 0.495 e. The molecule has 0 fully saturated rings. The summed E-state index contributed by atoms with van der Waals surface area (Å²) < 4.78 is 16.9. The lowest BCUT2D eigenvalue weighted by Gasteiger charge is -2.32. The van der Waals surface area contributed by atoms with Crippen molar-refractivity contribution in [1.29, 1.82) is 0 Å². The Labute approximate surface area is 292 Å². The Morgan fingerprint density at radius 1 is 1.04 bits per heavy atom. The molecule has 2 amide bonds. The summed E-state index contributed by atoms with van der Waals surface area (Å²) in [5.74, 6) is -2.87. The lowest BCUT2D eigenvalue weighted by atomic mass is 9.90. The normalized spacial score (nSPS) is 23.6. The summed E-state index contributed by atoms with van der Waals surface area (Å²) in [5, 5.41) is 16.3. The summed E-state index contributed by atoms with van der Waals surface area (Å²) in [5.41, 5.74) is 0.104. The van der Waals surface area contributed by atoms with E-state index in [1.165, 1.54) is 19.3 Å². The van der Waals surface area contributed by atoms with Crippen LogP contribution in [0.25, 0.3) is 0 Å². The number of carbonyl (C=O) groups is 4. The quantitative estimate of drug-likeness (QED) is 0.235. The fourth-order valence-electron chi connectivity index (χ4n) is 5.14. The van der Waals surface area contributed by atoms with Gasteiger partial charge >= 0.3 is 11.9 Å². The average molecular weight is 706 g/mol. The summed E-state index contributed by atoms with van der Waals surface area (Å²) in [6, 6.07) is 13.0. The van der Waals surface area contributed by atoms with Crippen molar-refractivity contribution < 1.29 is 38.5 Å². The molecule has 0 radical (unpaired) electrons. The third kappa shape index (κ3) is 11.0. The minimum Gasteiger partial charge on any atom is -0.495 e. The summed E-state index contributed by atoms with van der Waals surface area (Å²) in [6.07, 6.45) is -0.287. The number of alkyl halides is 1. The number of hydrogen-bond acceptors (Lipinski definition) is 8. The van der Waals surface area contributed by atoms with Crippen molar-refractivity contribution in [3.05, 3.63) is 76.8 Å². The first-order valence-corrected chi connectivity index (χ1v) is 16.8. The topological polar surface area (TPSA) is 140 Å². The fraction of sp³-hybridized carbons (Fsp3) is 0.500. The van der Waals surface area contributed by atoms with E-state index < -0.39 is 64.8 Å². The van der Waals surface area contributed by atoms with Gasteiger partial charge in [0.25, 0.3) is 0 Å². The zero-order valence-electron chi connectivity index (χ0n) is 28.2. The predicted octanol–water partition coefficient (Wildman–Crippen LogP) is 5.33. The van der Waals surface area contributed by atoms with Crippen LogP contribution in [0.4, 0.5) is 0 Å². The van der Waals surface area contributed by atoms with E-state index >= 15 is 0 Å². The maximum absolute atomic E-state index is 13.6. The van der Waals surface area contributed by atoms with Crippen LogP contribution in [-0.4, -0.2) is 66.9 Å². The van der Waals surface area contributed by atoms with Gasteiger partial charge in [0.15, 0.2) is 6.10 Å². The van der Waals surface area contributed by atoms with Crippen molar-refractivity contribution in [2.45, 2.75) is 83.6 Å². The van der Waals surface area contributed by atoms with E-state index in [4.69, 9.17) is 37.4 Å². The molecule has 0 bridgehead atoms. The molecule has 10 nitrogen and oxygen atoms in total. The summed E-state index contributed by atoms with van der Waals surface area (Å²) in [7, 11) is 1.49. The minimum atomic E-state index is -1.25. The molecule has 1 aliphatic rings. The van der Waals surface area contributed by atoms with Crippen LogP contribution >= 0.6 is 23.2 Å². The molecule has 1 heterocycles. The van der Waals surface area contributed by atoms with Crippen molar-refractivity contribution in [2.24, 2.45) is 17.3 Å². The number of amides is 2. The SMILES string of the molecule is COc1ccc(C[C@H]2NC(=O)/C=C\CC([C@H](C)C(O)[C@@H](Cl)c3ccccc3)OC(=O)[C@@H](CC(C)C)OC(=O)C(C)(C)CNC2=O)cc1Cl. The number of ether oxygens (including phenoxy) is 3. The molecule has 0 aliphatic carbocycles. The van der Waals surface area contributed by atoms with E-state index in [1.54, 1.807) is 63.2 Å². The number of benzene rings is 2. The molecule has 0 spiro atoms. The first-order chi connectivity index (χ1) is 22.6. The van der Waals surface area contributed by atoms with E-state index in [1.807, 2.05) is 19.9 Å². The Morgan fingerprint density at radius 3 is 2.35 bits per heavy atom. The van der Waals surface area contributed by atoms with Crippen LogP contribution in [-0.2, 0) is 35.1 Å². The van der Waals surface area contributed by atoms with Crippen LogP contribution < -0.4 is 15.4 Å². The van der Waals surface area contributed by atoms with Gasteiger partial charge in [-0.2, -0.15) is 0 Å². The number of hydrogen-bond donors (Lipinski definition) is 3. The third-order valence-corrected chi connectivity index (χ3v) is 9.00. The molecule has 0 saturated carbocycles. The van der Waals surface area contributed by atoms with E-state index in [9.17, 15) is 24.3 Å². The molecular weight excluding hydrogens is 659 g/mol. The number of halogens is 2. The van der Waals surface area contributed by atoms with Crippen LogP contribution in [0.2, 0.25) is 5.02 Å². The summed E-state index contributed by atoms with van der Waals surface area (Å²) >= 11 is 13.0. The monoisotopic (exact) mass is 704 g/mol. The molecule has 3 N–H and O–H groups in total. The van der Waals surface area contributed by atoms with Gasteiger partial charge in [-0.3, -0.25) is 14.4 Å². The number of carbonyl (C=O) groups excluding carboxylic acids is 4. The highest BCUT2D eigenvalue weighted by Gasteiger charge is 2.38. The summed E-state index contributed by atoms with van der Waals surface area (Å²) in [6.45, 7) is 8.49. The fourth-order valence-corrected chi connectivity index (χ4v) is 5.79. The van der Waals surface area contributed by atoms with Gasteiger partial charge in [-0.1, -0.05) is 74.8 Å². The number of aliphatic hydroxyl groups is 1. The molecule has 1 aliphatic heterocycles. The van der Waals surface area contributed by atoms with Crippen molar-refractivity contribution in [2.75, 3.05) is 13.7 Å². The highest BCUT2D eigenvalue weighted by molar-refractivity contribution is 6.32. The third-order valence-electron chi connectivity index (χ3n) is 8.19. The minimum absolute atomic E-state index is 0.0224. The molecule has 48 heavy (non-hydrogen) atoms. The zero-order chi connectivity index (χ0) is 35.6. The van der Waals surface area contributed by atoms with Crippen molar-refractivity contribution >= 4 is 47.0 Å². The van der Waals surface area contributed by atoms with Gasteiger partial charge in [-0.25, -0.2) is 4.79 Å². The Morgan fingerprint density at radius 2 is 1.73 bits per heavy atom. The number of esters is 2. The number of aliphatic hydroxyl groups excluding tert-OH is 1. The molecular formula is C36H46Cl2N2O8. The van der Waals surface area contributed by atoms with E-state index in [0.29, 0.717) is 21.9 Å². The smallest absolute Gasteiger partial charge is 0.347 e. The maximum Gasteiger partial charge on any atom is 0.347 e. The second-order valence-electron chi connectivity index (χ2n) is 13.1. The first kappa shape index (κ1) is 38.8. The maximum atomic E-state index is 13.6. The standard InChI is InChI=1S/C36H46Cl2N2O8/c1-21(2)17-29-34(44)47-27(22(3)32(42)31(38)24-11-8-7-9-12-24)13-10-14-30(41)40-26(19-23-15-16-28(46-6)25(37)18-23)33(43)39-20-36(4,5)35(45)48-29/h7-12,14-16,18,21-22,26-27,29,31-32,42H,13,17,19-20H2,1-6H3,(H,39,43)(H,40,41)/b14-10-/t22-,26+,27?,29+,31-,32?/m0/s1. The lowest BCUT2D eigenvalue weighted by Crippen LogP contribution is -2.51. The molecule has 2 aromatic rings. The molecule has 12 heteroatoms. The first-order valence-electron chi connectivity index (χ1n) is 16.0. The van der Waals surface area contributed by atoms with E-state index in [2.05, 4.69) is 10.6 Å². The Kier molecular flexibility index (Phi) is 14.3. The van der Waals surface area contributed by atoms with E-state index in [0.717, 1.165) is 0 Å². The van der Waals surface area contributed by atoms with Crippen LogP contribution in [0.15, 0.2) is 60.7 Å². The molecule has 0 aromatic heterocycles. The second-order valence-corrected chi connectivity index (χ2v) is 14.0. The molecule has 2 unspecified atom stereocenters. The van der Waals surface area contributed by atoms with Gasteiger partial charge in [0.05, 0.1) is 29.0 Å². The molecule has 2 aromatic carbocycles. The van der Waals surface area contributed by atoms with E-state index in [-0.39, 0.29) is 31.7 Å². The molecule has 0 saturated heterocycles. The molecule has 6 atom stereocenters. The van der Waals surface area contributed by atoms with Crippen LogP contribution in [0.3, 0.4) is 0 Å². The van der Waals surface area contributed by atoms with Gasteiger partial charge in [0.2, 0.25) is 11.8 Å². The van der Waals surface area contributed by atoms with Crippen molar-refractivity contribution in [3.8, 4) is 5.75 Å². The number of cyclic esters (lactones) is 2. The van der Waals surface area contributed by atoms with Gasteiger partial charge < -0.3 is 30.0 Å². The predicted molar refractivity (Wildman–Crippen MR) is 184 cm³/mol. The van der Waals surface area contributed by atoms with Crippen molar-refractivity contribution in [1.82, 2.24) is 10.6 Å². The van der Waals surface area contributed by atoms with Gasteiger partial charge in [0.1, 0.15) is 17.9 Å². The highest BCUT2D eigenvalue weighted by Crippen LogP contribution is 2.32. The van der Waals surface area contributed by atoms with Gasteiger partial charge in [-0.15, -0.1) is 11.6 Å². The number of nitrogens with one attached hydrogen (secondary N) is 2. The van der Waals surface area contributed by atoms with Crippen LogP contribution in [0.1, 0.15) is 64.0 Å². The Bertz CT molecular complexity index is 1450.